The minimum absolute atomic E-state index is 0.194. The van der Waals surface area contributed by atoms with Crippen LogP contribution in [0, 0.1) is 5.92 Å². The fourth-order valence-corrected chi connectivity index (χ4v) is 2.81. The molecular formula is C19H23N. The van der Waals surface area contributed by atoms with Gasteiger partial charge in [-0.1, -0.05) is 65.0 Å². The van der Waals surface area contributed by atoms with E-state index >= 15 is 0 Å². The van der Waals surface area contributed by atoms with Gasteiger partial charge < -0.3 is 0 Å². The summed E-state index contributed by atoms with van der Waals surface area (Å²) in [5, 5.41) is 2.61. The lowest BCUT2D eigenvalue weighted by molar-refractivity contribution is 0.591. The Bertz CT molecular complexity index is 700. The lowest BCUT2D eigenvalue weighted by Crippen LogP contribution is -2.10. The monoisotopic (exact) mass is 265 g/mol. The molecule has 0 atom stereocenters. The first-order valence-electron chi connectivity index (χ1n) is 7.50. The minimum Gasteiger partial charge on any atom is -0.256 e. The summed E-state index contributed by atoms with van der Waals surface area (Å²) >= 11 is 0. The zero-order valence-corrected chi connectivity index (χ0v) is 13.1. The number of fused-ring (bicyclic) bond motifs is 3. The molecule has 0 N–H and O–H groups in total. The molecule has 1 heteroatoms. The molecule has 0 saturated carbocycles. The highest BCUT2D eigenvalue weighted by Gasteiger charge is 2.20. The van der Waals surface area contributed by atoms with Crippen LogP contribution in [-0.2, 0) is 11.8 Å². The summed E-state index contributed by atoms with van der Waals surface area (Å²) in [4.78, 5) is 4.89. The van der Waals surface area contributed by atoms with E-state index in [2.05, 4.69) is 65.0 Å². The number of hydrogen-bond acceptors (Lipinski definition) is 1. The van der Waals surface area contributed by atoms with Gasteiger partial charge in [0.1, 0.15) is 0 Å². The predicted octanol–water partition coefficient (Wildman–Crippen LogP) is 5.42. The molecule has 0 aliphatic carbocycles. The number of hydrogen-bond donors (Lipinski definition) is 0. The molecule has 1 aliphatic heterocycles. The second kappa shape index (κ2) is 4.44. The van der Waals surface area contributed by atoms with Crippen LogP contribution in [0.5, 0.6) is 0 Å². The van der Waals surface area contributed by atoms with E-state index in [1.807, 2.05) is 0 Å². The Labute approximate surface area is 121 Å². The summed E-state index contributed by atoms with van der Waals surface area (Å²) < 4.78 is 0. The molecule has 0 aromatic heterocycles. The Morgan fingerprint density at radius 1 is 1.05 bits per heavy atom. The smallest absolute Gasteiger partial charge is 0.0743 e. The highest BCUT2D eigenvalue weighted by molar-refractivity contribution is 6.04. The third-order valence-electron chi connectivity index (χ3n) is 4.23. The van der Waals surface area contributed by atoms with Crippen molar-refractivity contribution >= 4 is 22.2 Å². The summed E-state index contributed by atoms with van der Waals surface area (Å²) in [6.45, 7) is 11.2. The predicted molar refractivity (Wildman–Crippen MR) is 88.3 cm³/mol. The van der Waals surface area contributed by atoms with Crippen molar-refractivity contribution in [3.8, 4) is 0 Å². The third kappa shape index (κ3) is 2.15. The quantitative estimate of drug-likeness (QED) is 0.652. The number of aliphatic imine (C=N–C) groups is 1. The van der Waals surface area contributed by atoms with Crippen molar-refractivity contribution in [1.82, 2.24) is 0 Å². The molecule has 0 radical (unpaired) electrons. The van der Waals surface area contributed by atoms with E-state index in [9.17, 15) is 0 Å². The highest BCUT2D eigenvalue weighted by atomic mass is 14.8. The minimum atomic E-state index is 0.194. The van der Waals surface area contributed by atoms with Gasteiger partial charge in [0.2, 0.25) is 0 Å². The Hall–Kier alpha value is -1.63. The van der Waals surface area contributed by atoms with Crippen molar-refractivity contribution in [1.29, 1.82) is 0 Å². The van der Waals surface area contributed by atoms with Gasteiger partial charge >= 0.3 is 0 Å². The zero-order valence-electron chi connectivity index (χ0n) is 13.1. The second-order valence-electron chi connectivity index (χ2n) is 7.19. The van der Waals surface area contributed by atoms with Crippen molar-refractivity contribution in [3.63, 3.8) is 0 Å². The molecule has 0 bridgehead atoms. The topological polar surface area (TPSA) is 12.4 Å². The van der Waals surface area contributed by atoms with Crippen LogP contribution in [0.2, 0.25) is 0 Å². The van der Waals surface area contributed by atoms with Crippen molar-refractivity contribution in [3.05, 3.63) is 41.5 Å². The maximum atomic E-state index is 4.89. The maximum absolute atomic E-state index is 4.89. The highest BCUT2D eigenvalue weighted by Crippen LogP contribution is 2.37. The van der Waals surface area contributed by atoms with Crippen molar-refractivity contribution in [2.45, 2.75) is 46.5 Å². The van der Waals surface area contributed by atoms with Gasteiger partial charge in [-0.05, 0) is 27.8 Å². The molecule has 104 valence electrons. The van der Waals surface area contributed by atoms with Crippen LogP contribution in [0.25, 0.3) is 10.8 Å². The van der Waals surface area contributed by atoms with Gasteiger partial charge in [-0.15, -0.1) is 0 Å². The second-order valence-corrected chi connectivity index (χ2v) is 7.19. The van der Waals surface area contributed by atoms with Crippen molar-refractivity contribution in [2.75, 3.05) is 0 Å². The van der Waals surface area contributed by atoms with Gasteiger partial charge in [0.15, 0.2) is 0 Å². The Morgan fingerprint density at radius 2 is 1.80 bits per heavy atom. The molecule has 0 unspecified atom stereocenters. The lowest BCUT2D eigenvalue weighted by Gasteiger charge is -2.19. The van der Waals surface area contributed by atoms with E-state index in [1.165, 1.54) is 33.3 Å². The van der Waals surface area contributed by atoms with E-state index in [0.717, 1.165) is 6.42 Å². The normalized spacial score (nSPS) is 14.8. The first-order chi connectivity index (χ1) is 9.36. The fourth-order valence-electron chi connectivity index (χ4n) is 2.81. The third-order valence-corrected chi connectivity index (χ3v) is 4.23. The molecule has 2 aromatic carbocycles. The van der Waals surface area contributed by atoms with E-state index in [-0.39, 0.29) is 5.41 Å². The number of nitrogens with zero attached hydrogens (tertiary/aromatic N) is 1. The van der Waals surface area contributed by atoms with E-state index < -0.39 is 0 Å². The number of benzene rings is 2. The Morgan fingerprint density at radius 3 is 2.45 bits per heavy atom. The van der Waals surface area contributed by atoms with E-state index in [4.69, 9.17) is 4.99 Å². The van der Waals surface area contributed by atoms with Crippen LogP contribution in [-0.4, -0.2) is 5.71 Å². The molecule has 3 rings (SSSR count). The Balaban J connectivity index is 2.17. The van der Waals surface area contributed by atoms with E-state index in [1.54, 1.807) is 0 Å². The van der Waals surface area contributed by atoms with Gasteiger partial charge in [0, 0.05) is 17.5 Å². The summed E-state index contributed by atoms with van der Waals surface area (Å²) in [5.41, 5.74) is 5.47. The number of rotatable bonds is 1. The summed E-state index contributed by atoms with van der Waals surface area (Å²) in [6.07, 6.45) is 1.02. The molecule has 0 spiro atoms. The molecule has 20 heavy (non-hydrogen) atoms. The molecular weight excluding hydrogens is 242 g/mol. The maximum Gasteiger partial charge on any atom is 0.0743 e. The van der Waals surface area contributed by atoms with Crippen LogP contribution < -0.4 is 0 Å². The SMILES string of the molecule is CC(C)C1=Nc2c(ccc3cc(C(C)(C)C)ccc23)C1. The molecule has 1 heterocycles. The van der Waals surface area contributed by atoms with Crippen molar-refractivity contribution < 1.29 is 0 Å². The first-order valence-corrected chi connectivity index (χ1v) is 7.50. The average molecular weight is 265 g/mol. The van der Waals surface area contributed by atoms with Crippen molar-refractivity contribution in [2.24, 2.45) is 10.9 Å². The van der Waals surface area contributed by atoms with Crippen LogP contribution in [0.3, 0.4) is 0 Å². The van der Waals surface area contributed by atoms with Gasteiger partial charge in [-0.3, -0.25) is 4.99 Å². The Kier molecular flexibility index (Phi) is 2.97. The molecule has 0 fully saturated rings. The summed E-state index contributed by atoms with van der Waals surface area (Å²) in [6, 6.07) is 11.3. The van der Waals surface area contributed by atoms with Gasteiger partial charge in [-0.2, -0.15) is 0 Å². The van der Waals surface area contributed by atoms with Gasteiger partial charge in [0.05, 0.1) is 5.69 Å². The summed E-state index contributed by atoms with van der Waals surface area (Å²) in [5.74, 6) is 0.534. The zero-order chi connectivity index (χ0) is 14.5. The van der Waals surface area contributed by atoms with E-state index in [0.29, 0.717) is 5.92 Å². The van der Waals surface area contributed by atoms with Gasteiger partial charge in [-0.25, -0.2) is 0 Å². The largest absolute Gasteiger partial charge is 0.256 e. The molecule has 1 aliphatic rings. The lowest BCUT2D eigenvalue weighted by atomic mass is 9.85. The van der Waals surface area contributed by atoms with Crippen LogP contribution >= 0.6 is 0 Å². The van der Waals surface area contributed by atoms with Gasteiger partial charge in [0.25, 0.3) is 0 Å². The molecule has 1 nitrogen and oxygen atoms in total. The fraction of sp³-hybridized carbons (Fsp3) is 0.421. The molecule has 0 saturated heterocycles. The van der Waals surface area contributed by atoms with Crippen LogP contribution in [0.1, 0.15) is 45.7 Å². The van der Waals surface area contributed by atoms with Crippen LogP contribution in [0.4, 0.5) is 5.69 Å². The first kappa shape index (κ1) is 13.4. The molecule has 0 amide bonds. The summed E-state index contributed by atoms with van der Waals surface area (Å²) in [7, 11) is 0. The van der Waals surface area contributed by atoms with Crippen LogP contribution in [0.15, 0.2) is 35.3 Å². The average Bonchev–Trinajstić information content (AvgIpc) is 2.81. The standard InChI is InChI=1S/C19H23N/c1-12(2)17-11-14-7-6-13-10-15(19(3,4)5)8-9-16(13)18(14)20-17/h6-10,12H,11H2,1-5H3. The molecule has 2 aromatic rings.